The van der Waals surface area contributed by atoms with Gasteiger partial charge in [0, 0.05) is 19.7 Å². The highest BCUT2D eigenvalue weighted by Crippen LogP contribution is 2.69. The normalized spacial score (nSPS) is 11.9. The van der Waals surface area contributed by atoms with Crippen LogP contribution in [0.4, 0.5) is 0 Å². The number of benzene rings is 3. The quantitative estimate of drug-likeness (QED) is 0.497. The van der Waals surface area contributed by atoms with Gasteiger partial charge in [-0.2, -0.15) is 0 Å². The van der Waals surface area contributed by atoms with Gasteiger partial charge in [-0.1, -0.05) is 54.6 Å². The Morgan fingerprint density at radius 2 is 1.05 bits per heavy atom. The third kappa shape index (κ3) is 2.58. The van der Waals surface area contributed by atoms with Gasteiger partial charge in [-0.05, 0) is 53.9 Å². The maximum absolute atomic E-state index is 6.08. The maximum Gasteiger partial charge on any atom is 0.0406 e. The zero-order chi connectivity index (χ0) is 15.4. The molecule has 3 rings (SSSR count). The van der Waals surface area contributed by atoms with Crippen molar-refractivity contribution in [2.75, 3.05) is 0 Å². The van der Waals surface area contributed by atoms with Gasteiger partial charge in [0.1, 0.15) is 0 Å². The zero-order valence-corrected chi connectivity index (χ0v) is 13.7. The van der Waals surface area contributed by atoms with Crippen LogP contribution in [0.15, 0.2) is 112 Å². The molecule has 0 aliphatic heterocycles. The Kier molecular flexibility index (Phi) is 4.37. The van der Waals surface area contributed by atoms with E-state index in [4.69, 9.17) is 11.6 Å². The Labute approximate surface area is 138 Å². The molecule has 0 atom stereocenters. The molecule has 110 valence electrons. The van der Waals surface area contributed by atoms with Crippen molar-refractivity contribution in [1.29, 1.82) is 0 Å². The third-order valence-electron chi connectivity index (χ3n) is 3.67. The first kappa shape index (κ1) is 15.0. The maximum atomic E-state index is 6.08. The summed E-state index contributed by atoms with van der Waals surface area (Å²) in [6, 6.07) is 29.3. The van der Waals surface area contributed by atoms with Crippen molar-refractivity contribution in [1.82, 2.24) is 0 Å². The molecule has 22 heavy (non-hydrogen) atoms. The van der Waals surface area contributed by atoms with Gasteiger partial charge in [0.25, 0.3) is 0 Å². The fraction of sp³-hybridized carbons (Fsp3) is 0. The lowest BCUT2D eigenvalue weighted by atomic mass is 10.4. The molecular weight excluding hydrogens is 308 g/mol. The minimum absolute atomic E-state index is 0.752. The lowest BCUT2D eigenvalue weighted by Gasteiger charge is -2.38. The Hall–Kier alpha value is -1.96. The van der Waals surface area contributed by atoms with E-state index < -0.39 is 10.0 Å². The van der Waals surface area contributed by atoms with Gasteiger partial charge in [0.05, 0.1) is 0 Å². The SMILES string of the molecule is C=CS(c1ccccc1)(c1ccccc1)c1ccc(Cl)cc1. The smallest absolute Gasteiger partial charge is 0.0406 e. The van der Waals surface area contributed by atoms with Crippen molar-refractivity contribution in [3.63, 3.8) is 0 Å². The monoisotopic (exact) mass is 324 g/mol. The number of rotatable bonds is 4. The highest BCUT2D eigenvalue weighted by molar-refractivity contribution is 8.36. The molecule has 0 aromatic heterocycles. The zero-order valence-electron chi connectivity index (χ0n) is 12.2. The van der Waals surface area contributed by atoms with Gasteiger partial charge in [-0.25, -0.2) is 0 Å². The van der Waals surface area contributed by atoms with Gasteiger partial charge in [-0.15, -0.1) is 10.0 Å². The van der Waals surface area contributed by atoms with Crippen LogP contribution in [0.1, 0.15) is 0 Å². The Morgan fingerprint density at radius 1 is 0.636 bits per heavy atom. The van der Waals surface area contributed by atoms with E-state index in [0.29, 0.717) is 0 Å². The molecule has 3 aromatic rings. The van der Waals surface area contributed by atoms with Crippen molar-refractivity contribution in [2.45, 2.75) is 14.7 Å². The summed E-state index contributed by atoms with van der Waals surface area (Å²) in [7, 11) is -1.48. The molecule has 0 saturated heterocycles. The molecule has 0 unspecified atom stereocenters. The summed E-state index contributed by atoms with van der Waals surface area (Å²) in [6.07, 6.45) is 0. The average Bonchev–Trinajstić information content (AvgIpc) is 2.59. The van der Waals surface area contributed by atoms with E-state index in [1.807, 2.05) is 24.3 Å². The van der Waals surface area contributed by atoms with Crippen molar-refractivity contribution in [2.24, 2.45) is 0 Å². The Balaban J connectivity index is 2.30. The van der Waals surface area contributed by atoms with Crippen molar-refractivity contribution in [3.05, 3.63) is 102 Å². The Bertz CT molecular complexity index is 709. The lowest BCUT2D eigenvalue weighted by Crippen LogP contribution is -2.00. The second-order valence-electron chi connectivity index (χ2n) is 4.91. The first-order valence-electron chi connectivity index (χ1n) is 7.09. The molecule has 0 radical (unpaired) electrons. The van der Waals surface area contributed by atoms with Crippen LogP contribution in [0.25, 0.3) is 0 Å². The van der Waals surface area contributed by atoms with E-state index in [9.17, 15) is 0 Å². The molecule has 0 nitrogen and oxygen atoms in total. The molecule has 0 heterocycles. The average molecular weight is 325 g/mol. The second kappa shape index (κ2) is 6.43. The summed E-state index contributed by atoms with van der Waals surface area (Å²) in [4.78, 5) is 3.79. The van der Waals surface area contributed by atoms with Gasteiger partial charge in [0.2, 0.25) is 0 Å². The van der Waals surface area contributed by atoms with Crippen LogP contribution in [0, 0.1) is 0 Å². The summed E-state index contributed by atoms with van der Waals surface area (Å²) < 4.78 is 0. The molecule has 0 fully saturated rings. The summed E-state index contributed by atoms with van der Waals surface area (Å²) in [5, 5.41) is 2.85. The predicted octanol–water partition coefficient (Wildman–Crippen LogP) is 6.77. The topological polar surface area (TPSA) is 0 Å². The van der Waals surface area contributed by atoms with E-state index in [1.165, 1.54) is 14.7 Å². The van der Waals surface area contributed by atoms with Crippen molar-refractivity contribution in [3.8, 4) is 0 Å². The van der Waals surface area contributed by atoms with E-state index >= 15 is 0 Å². The van der Waals surface area contributed by atoms with E-state index in [2.05, 4.69) is 72.7 Å². The number of hydrogen-bond acceptors (Lipinski definition) is 0. The first-order chi connectivity index (χ1) is 10.8. The molecule has 2 heteroatoms. The Morgan fingerprint density at radius 3 is 1.45 bits per heavy atom. The second-order valence-corrected chi connectivity index (χ2v) is 8.41. The van der Waals surface area contributed by atoms with Gasteiger partial charge >= 0.3 is 0 Å². The summed E-state index contributed by atoms with van der Waals surface area (Å²) in [5.74, 6) is 0. The lowest BCUT2D eigenvalue weighted by molar-refractivity contribution is 1.31. The standard InChI is InChI=1S/C20H17ClS/c1-2-22(18-9-5-3-6-10-18,19-11-7-4-8-12-19)20-15-13-17(21)14-16-20/h2-16H,1H2. The van der Waals surface area contributed by atoms with Crippen molar-refractivity contribution < 1.29 is 0 Å². The molecule has 0 N–H and O–H groups in total. The molecule has 0 amide bonds. The molecule has 0 aliphatic rings. The van der Waals surface area contributed by atoms with Crippen LogP contribution in [0.2, 0.25) is 5.02 Å². The van der Waals surface area contributed by atoms with Gasteiger partial charge < -0.3 is 0 Å². The van der Waals surface area contributed by atoms with E-state index in [-0.39, 0.29) is 0 Å². The van der Waals surface area contributed by atoms with Crippen LogP contribution in [-0.4, -0.2) is 0 Å². The van der Waals surface area contributed by atoms with Crippen LogP contribution in [0.3, 0.4) is 0 Å². The minimum atomic E-state index is -1.48. The molecule has 0 aliphatic carbocycles. The fourth-order valence-electron chi connectivity index (χ4n) is 2.62. The number of hydrogen-bond donors (Lipinski definition) is 0. The molecular formula is C20H17ClS. The predicted molar refractivity (Wildman–Crippen MR) is 96.9 cm³/mol. The van der Waals surface area contributed by atoms with Gasteiger partial charge in [0.15, 0.2) is 0 Å². The summed E-state index contributed by atoms with van der Waals surface area (Å²) in [5.41, 5.74) is 0. The minimum Gasteiger partial charge on any atom is -0.140 e. The van der Waals surface area contributed by atoms with Crippen LogP contribution in [-0.2, 0) is 0 Å². The highest BCUT2D eigenvalue weighted by atomic mass is 35.5. The third-order valence-corrected chi connectivity index (χ3v) is 7.46. The first-order valence-corrected chi connectivity index (χ1v) is 9.16. The van der Waals surface area contributed by atoms with Gasteiger partial charge in [-0.3, -0.25) is 0 Å². The molecule has 3 aromatic carbocycles. The number of halogens is 1. The largest absolute Gasteiger partial charge is 0.140 e. The van der Waals surface area contributed by atoms with Crippen LogP contribution in [0.5, 0.6) is 0 Å². The fourth-order valence-corrected chi connectivity index (χ4v) is 5.87. The highest BCUT2D eigenvalue weighted by Gasteiger charge is 2.27. The molecule has 0 saturated carbocycles. The molecule has 0 bridgehead atoms. The van der Waals surface area contributed by atoms with Crippen LogP contribution < -0.4 is 0 Å². The van der Waals surface area contributed by atoms with E-state index in [0.717, 1.165) is 5.02 Å². The van der Waals surface area contributed by atoms with Crippen molar-refractivity contribution >= 4 is 21.6 Å². The summed E-state index contributed by atoms with van der Waals surface area (Å²) in [6.45, 7) is 4.19. The molecule has 0 spiro atoms. The summed E-state index contributed by atoms with van der Waals surface area (Å²) >= 11 is 6.08. The van der Waals surface area contributed by atoms with E-state index in [1.54, 1.807) is 0 Å². The van der Waals surface area contributed by atoms with Crippen LogP contribution >= 0.6 is 21.6 Å².